The van der Waals surface area contributed by atoms with Crippen molar-refractivity contribution in [2.24, 2.45) is 5.92 Å². The molecule has 2 aromatic carbocycles. The van der Waals surface area contributed by atoms with E-state index in [4.69, 9.17) is 11.6 Å². The van der Waals surface area contributed by atoms with Crippen LogP contribution in [0.5, 0.6) is 0 Å². The Morgan fingerprint density at radius 3 is 2.38 bits per heavy atom. The lowest BCUT2D eigenvalue weighted by Gasteiger charge is -2.26. The number of benzene rings is 2. The molecule has 1 aliphatic carbocycles. The largest absolute Gasteiger partial charge is 0.303 e. The van der Waals surface area contributed by atoms with Crippen LogP contribution in [0.4, 0.5) is 0 Å². The summed E-state index contributed by atoms with van der Waals surface area (Å²) >= 11 is 6.15. The van der Waals surface area contributed by atoms with E-state index in [1.165, 1.54) is 24.0 Å². The molecule has 1 N–H and O–H groups in total. The summed E-state index contributed by atoms with van der Waals surface area (Å²) in [4.78, 5) is 0. The van der Waals surface area contributed by atoms with Gasteiger partial charge in [0.15, 0.2) is 0 Å². The van der Waals surface area contributed by atoms with E-state index in [0.717, 1.165) is 17.4 Å². The van der Waals surface area contributed by atoms with E-state index < -0.39 is 0 Å². The summed E-state index contributed by atoms with van der Waals surface area (Å²) in [6.45, 7) is 2.23. The zero-order valence-corrected chi connectivity index (χ0v) is 13.2. The predicted molar refractivity (Wildman–Crippen MR) is 89.5 cm³/mol. The van der Waals surface area contributed by atoms with Crippen molar-refractivity contribution in [2.75, 3.05) is 0 Å². The first-order chi connectivity index (χ1) is 10.3. The summed E-state index contributed by atoms with van der Waals surface area (Å²) in [6, 6.07) is 19.9. The number of hydrogen-bond acceptors (Lipinski definition) is 1. The van der Waals surface area contributed by atoms with Crippen molar-refractivity contribution in [1.82, 2.24) is 5.32 Å². The Bertz CT molecular complexity index is 577. The minimum atomic E-state index is 0.356. The Balaban J connectivity index is 1.81. The Morgan fingerprint density at radius 1 is 1.05 bits per heavy atom. The highest BCUT2D eigenvalue weighted by atomic mass is 35.5. The lowest BCUT2D eigenvalue weighted by atomic mass is 9.98. The molecule has 2 aromatic rings. The van der Waals surface area contributed by atoms with Gasteiger partial charge in [-0.2, -0.15) is 0 Å². The van der Waals surface area contributed by atoms with E-state index in [1.54, 1.807) is 0 Å². The van der Waals surface area contributed by atoms with Crippen LogP contribution in [-0.4, -0.2) is 0 Å². The predicted octanol–water partition coefficient (Wildman–Crippen LogP) is 5.53. The van der Waals surface area contributed by atoms with Gasteiger partial charge in [0.2, 0.25) is 0 Å². The summed E-state index contributed by atoms with van der Waals surface area (Å²) in [6.07, 6.45) is 3.73. The normalized spacial score (nSPS) is 17.4. The van der Waals surface area contributed by atoms with Gasteiger partial charge in [-0.1, -0.05) is 61.0 Å². The molecule has 2 unspecified atom stereocenters. The Kier molecular flexibility index (Phi) is 4.62. The first kappa shape index (κ1) is 14.6. The van der Waals surface area contributed by atoms with Gasteiger partial charge < -0.3 is 5.32 Å². The third kappa shape index (κ3) is 3.66. The average molecular weight is 300 g/mol. The number of nitrogens with one attached hydrogen (secondary N) is 1. The third-order valence-electron chi connectivity index (χ3n) is 4.29. The van der Waals surface area contributed by atoms with E-state index in [9.17, 15) is 0 Å². The SMILES string of the molecule is CCC(NC(c1ccccc1)C1CC1)c1cccc(Cl)c1. The van der Waals surface area contributed by atoms with Gasteiger partial charge in [-0.15, -0.1) is 0 Å². The Hall–Kier alpha value is -1.31. The molecular formula is C19H22ClN. The van der Waals surface area contributed by atoms with E-state index in [1.807, 2.05) is 12.1 Å². The lowest BCUT2D eigenvalue weighted by molar-refractivity contribution is 0.402. The van der Waals surface area contributed by atoms with Gasteiger partial charge in [-0.25, -0.2) is 0 Å². The molecule has 0 aromatic heterocycles. The smallest absolute Gasteiger partial charge is 0.0409 e. The fourth-order valence-electron chi connectivity index (χ4n) is 2.98. The molecule has 0 amide bonds. The van der Waals surface area contributed by atoms with Crippen molar-refractivity contribution >= 4 is 11.6 Å². The molecule has 0 spiro atoms. The van der Waals surface area contributed by atoms with Crippen molar-refractivity contribution in [3.05, 3.63) is 70.7 Å². The molecule has 0 heterocycles. The van der Waals surface area contributed by atoms with Gasteiger partial charge in [0, 0.05) is 17.1 Å². The number of hydrogen-bond donors (Lipinski definition) is 1. The van der Waals surface area contributed by atoms with Crippen LogP contribution in [0.25, 0.3) is 0 Å². The second-order valence-electron chi connectivity index (χ2n) is 5.91. The first-order valence-electron chi connectivity index (χ1n) is 7.84. The highest BCUT2D eigenvalue weighted by Crippen LogP contribution is 2.42. The van der Waals surface area contributed by atoms with Gasteiger partial charge in [-0.3, -0.25) is 0 Å². The molecule has 0 radical (unpaired) electrons. The van der Waals surface area contributed by atoms with E-state index in [0.29, 0.717) is 12.1 Å². The maximum absolute atomic E-state index is 6.15. The molecule has 0 saturated heterocycles. The maximum Gasteiger partial charge on any atom is 0.0409 e. The fraction of sp³-hybridized carbons (Fsp3) is 0.368. The Labute approximate surface area is 132 Å². The van der Waals surface area contributed by atoms with Crippen LogP contribution in [-0.2, 0) is 0 Å². The van der Waals surface area contributed by atoms with Crippen LogP contribution in [0.15, 0.2) is 54.6 Å². The van der Waals surface area contributed by atoms with Crippen molar-refractivity contribution in [2.45, 2.75) is 38.3 Å². The van der Waals surface area contributed by atoms with Crippen LogP contribution >= 0.6 is 11.6 Å². The Morgan fingerprint density at radius 2 is 1.76 bits per heavy atom. The molecule has 1 fully saturated rings. The first-order valence-corrected chi connectivity index (χ1v) is 8.22. The summed E-state index contributed by atoms with van der Waals surface area (Å²) in [5.74, 6) is 0.778. The second-order valence-corrected chi connectivity index (χ2v) is 6.34. The zero-order chi connectivity index (χ0) is 14.7. The van der Waals surface area contributed by atoms with E-state index >= 15 is 0 Å². The summed E-state index contributed by atoms with van der Waals surface area (Å²) < 4.78 is 0. The maximum atomic E-state index is 6.15. The molecule has 0 bridgehead atoms. The standard InChI is InChI=1S/C19H22ClN/c1-2-18(16-9-6-10-17(20)13-16)21-19(15-11-12-15)14-7-4-3-5-8-14/h3-10,13,15,18-19,21H,2,11-12H2,1H3. The molecule has 2 heteroatoms. The van der Waals surface area contributed by atoms with Gasteiger partial charge in [0.1, 0.15) is 0 Å². The highest BCUT2D eigenvalue weighted by Gasteiger charge is 2.33. The monoisotopic (exact) mass is 299 g/mol. The summed E-state index contributed by atoms with van der Waals surface area (Å²) in [5, 5.41) is 4.68. The van der Waals surface area contributed by atoms with Crippen LogP contribution in [0.2, 0.25) is 5.02 Å². The molecule has 2 atom stereocenters. The summed E-state index contributed by atoms with van der Waals surface area (Å²) in [7, 11) is 0. The molecular weight excluding hydrogens is 278 g/mol. The van der Waals surface area contributed by atoms with Crippen LogP contribution in [0.1, 0.15) is 49.4 Å². The van der Waals surface area contributed by atoms with Gasteiger partial charge in [0.05, 0.1) is 0 Å². The van der Waals surface area contributed by atoms with Gasteiger partial charge in [0.25, 0.3) is 0 Å². The van der Waals surface area contributed by atoms with Crippen molar-refractivity contribution in [3.63, 3.8) is 0 Å². The third-order valence-corrected chi connectivity index (χ3v) is 4.53. The van der Waals surface area contributed by atoms with E-state index in [-0.39, 0.29) is 0 Å². The molecule has 21 heavy (non-hydrogen) atoms. The van der Waals surface area contributed by atoms with Crippen molar-refractivity contribution in [3.8, 4) is 0 Å². The van der Waals surface area contributed by atoms with Crippen LogP contribution < -0.4 is 5.32 Å². The molecule has 0 aliphatic heterocycles. The van der Waals surface area contributed by atoms with Crippen molar-refractivity contribution < 1.29 is 0 Å². The second kappa shape index (κ2) is 6.64. The molecule has 1 nitrogen and oxygen atoms in total. The number of halogens is 1. The quantitative estimate of drug-likeness (QED) is 0.739. The number of rotatable bonds is 6. The lowest BCUT2D eigenvalue weighted by Crippen LogP contribution is -2.27. The zero-order valence-electron chi connectivity index (χ0n) is 12.4. The topological polar surface area (TPSA) is 12.0 Å². The molecule has 110 valence electrons. The minimum absolute atomic E-state index is 0.356. The van der Waals surface area contributed by atoms with Gasteiger partial charge >= 0.3 is 0 Å². The highest BCUT2D eigenvalue weighted by molar-refractivity contribution is 6.30. The van der Waals surface area contributed by atoms with Crippen LogP contribution in [0, 0.1) is 5.92 Å². The van der Waals surface area contributed by atoms with Gasteiger partial charge in [-0.05, 0) is 48.4 Å². The summed E-state index contributed by atoms with van der Waals surface area (Å²) in [5.41, 5.74) is 2.69. The average Bonchev–Trinajstić information content (AvgIpc) is 3.34. The van der Waals surface area contributed by atoms with E-state index in [2.05, 4.69) is 54.7 Å². The molecule has 1 saturated carbocycles. The minimum Gasteiger partial charge on any atom is -0.303 e. The molecule has 3 rings (SSSR count). The molecule has 1 aliphatic rings. The van der Waals surface area contributed by atoms with Crippen molar-refractivity contribution in [1.29, 1.82) is 0 Å². The fourth-order valence-corrected chi connectivity index (χ4v) is 3.18. The van der Waals surface area contributed by atoms with Crippen LogP contribution in [0.3, 0.4) is 0 Å².